The quantitative estimate of drug-likeness (QED) is 0.824. The Balaban J connectivity index is 3.45. The molecule has 3 nitrogen and oxygen atoms in total. The highest BCUT2D eigenvalue weighted by Crippen LogP contribution is 2.30. The highest BCUT2D eigenvalue weighted by molar-refractivity contribution is 7.91. The van der Waals surface area contributed by atoms with E-state index < -0.39 is 9.84 Å². The van der Waals surface area contributed by atoms with Crippen LogP contribution in [0.3, 0.4) is 0 Å². The molecule has 0 saturated carbocycles. The predicted molar refractivity (Wildman–Crippen MR) is 58.6 cm³/mol. The van der Waals surface area contributed by atoms with Crippen LogP contribution in [0, 0.1) is 0 Å². The third-order valence-corrected chi connectivity index (χ3v) is 4.29. The molecule has 2 N–H and O–H groups in total. The number of nitrogens with two attached hydrogens (primary N) is 1. The van der Waals surface area contributed by atoms with Gasteiger partial charge in [-0.05, 0) is 12.1 Å². The zero-order chi connectivity index (χ0) is 10.9. The zero-order valence-electron chi connectivity index (χ0n) is 7.42. The summed E-state index contributed by atoms with van der Waals surface area (Å²) in [5, 5.41) is 0.301. The van der Waals surface area contributed by atoms with Crippen molar-refractivity contribution in [3.8, 4) is 0 Å². The molecule has 0 fully saturated rings. The third kappa shape index (κ3) is 2.13. The van der Waals surface area contributed by atoms with Crippen LogP contribution in [-0.2, 0) is 9.84 Å². The zero-order valence-corrected chi connectivity index (χ0v) is 9.75. The second-order valence-corrected chi connectivity index (χ2v) is 5.77. The SMILES string of the molecule is CCS(=O)(=O)c1cc(Cl)c(N)cc1Cl. The van der Waals surface area contributed by atoms with E-state index in [1.165, 1.54) is 19.1 Å². The molecule has 0 aromatic heterocycles. The van der Waals surface area contributed by atoms with Gasteiger partial charge in [-0.25, -0.2) is 8.42 Å². The van der Waals surface area contributed by atoms with Gasteiger partial charge in [0.1, 0.15) is 0 Å². The Kier molecular flexibility index (Phi) is 3.29. The first-order chi connectivity index (χ1) is 6.38. The molecule has 6 heteroatoms. The lowest BCUT2D eigenvalue weighted by Gasteiger charge is -2.06. The summed E-state index contributed by atoms with van der Waals surface area (Å²) in [7, 11) is -3.34. The smallest absolute Gasteiger partial charge is 0.179 e. The molecule has 0 heterocycles. The number of sulfone groups is 1. The van der Waals surface area contributed by atoms with Crippen molar-refractivity contribution in [1.29, 1.82) is 0 Å². The molecule has 0 spiro atoms. The molecule has 0 bridgehead atoms. The molecular weight excluding hydrogens is 245 g/mol. The van der Waals surface area contributed by atoms with Gasteiger partial charge in [-0.3, -0.25) is 0 Å². The fourth-order valence-electron chi connectivity index (χ4n) is 0.938. The number of halogens is 2. The van der Waals surface area contributed by atoms with Gasteiger partial charge in [0.2, 0.25) is 0 Å². The van der Waals surface area contributed by atoms with E-state index >= 15 is 0 Å². The van der Waals surface area contributed by atoms with Crippen LogP contribution in [0.4, 0.5) is 5.69 Å². The second-order valence-electron chi connectivity index (χ2n) is 2.71. The monoisotopic (exact) mass is 253 g/mol. The molecular formula is C8H9Cl2NO2S. The molecule has 0 aliphatic rings. The molecule has 78 valence electrons. The number of hydrogen-bond donors (Lipinski definition) is 1. The first-order valence-electron chi connectivity index (χ1n) is 3.85. The molecule has 0 aliphatic heterocycles. The van der Waals surface area contributed by atoms with Gasteiger partial charge < -0.3 is 5.73 Å². The van der Waals surface area contributed by atoms with Crippen molar-refractivity contribution in [2.75, 3.05) is 11.5 Å². The normalized spacial score (nSPS) is 11.6. The summed E-state index contributed by atoms with van der Waals surface area (Å²) in [6, 6.07) is 2.62. The van der Waals surface area contributed by atoms with Gasteiger partial charge in [-0.1, -0.05) is 30.1 Å². The molecule has 0 atom stereocenters. The Hall–Kier alpha value is -0.450. The lowest BCUT2D eigenvalue weighted by molar-refractivity contribution is 0.597. The van der Waals surface area contributed by atoms with Crippen LogP contribution in [0.1, 0.15) is 6.92 Å². The van der Waals surface area contributed by atoms with Crippen molar-refractivity contribution < 1.29 is 8.42 Å². The van der Waals surface area contributed by atoms with Gasteiger partial charge in [0.25, 0.3) is 0 Å². The van der Waals surface area contributed by atoms with Gasteiger partial charge >= 0.3 is 0 Å². The molecule has 1 aromatic carbocycles. The number of hydrogen-bond acceptors (Lipinski definition) is 3. The molecule has 1 rings (SSSR count). The lowest BCUT2D eigenvalue weighted by atomic mass is 10.3. The van der Waals surface area contributed by atoms with Crippen LogP contribution in [0.5, 0.6) is 0 Å². The summed E-state index contributed by atoms with van der Waals surface area (Å²) in [5.41, 5.74) is 5.73. The van der Waals surface area contributed by atoms with Crippen LogP contribution >= 0.6 is 23.2 Å². The van der Waals surface area contributed by atoms with Gasteiger partial charge in [0, 0.05) is 0 Å². The minimum absolute atomic E-state index is 0.0209. The maximum absolute atomic E-state index is 11.5. The van der Waals surface area contributed by atoms with E-state index in [4.69, 9.17) is 28.9 Å². The number of anilines is 1. The predicted octanol–water partition coefficient (Wildman–Crippen LogP) is 2.37. The van der Waals surface area contributed by atoms with E-state index in [1.807, 2.05) is 0 Å². The van der Waals surface area contributed by atoms with Gasteiger partial charge in [0.05, 0.1) is 26.4 Å². The van der Waals surface area contributed by atoms with Crippen molar-refractivity contribution in [1.82, 2.24) is 0 Å². The van der Waals surface area contributed by atoms with Gasteiger partial charge in [-0.15, -0.1) is 0 Å². The van der Waals surface area contributed by atoms with Crippen molar-refractivity contribution >= 4 is 38.7 Å². The van der Waals surface area contributed by atoms with Gasteiger partial charge in [-0.2, -0.15) is 0 Å². The summed E-state index contributed by atoms with van der Waals surface area (Å²) in [5.74, 6) is -0.0209. The summed E-state index contributed by atoms with van der Waals surface area (Å²) >= 11 is 11.4. The minimum atomic E-state index is -3.34. The maximum Gasteiger partial charge on any atom is 0.179 e. The van der Waals surface area contributed by atoms with Crippen molar-refractivity contribution in [2.24, 2.45) is 0 Å². The maximum atomic E-state index is 11.5. The van der Waals surface area contributed by atoms with Crippen LogP contribution in [0.15, 0.2) is 17.0 Å². The van der Waals surface area contributed by atoms with Crippen LogP contribution < -0.4 is 5.73 Å². The standard InChI is InChI=1S/C8H9Cl2NO2S/c1-2-14(12,13)8-4-5(9)7(11)3-6(8)10/h3-4H,2,11H2,1H3. The number of nitrogen functional groups attached to an aromatic ring is 1. The average molecular weight is 254 g/mol. The molecule has 0 saturated heterocycles. The first kappa shape index (κ1) is 11.6. The van der Waals surface area contributed by atoms with E-state index in [9.17, 15) is 8.42 Å². The molecule has 0 aliphatic carbocycles. The highest BCUT2D eigenvalue weighted by Gasteiger charge is 2.17. The first-order valence-corrected chi connectivity index (χ1v) is 6.26. The Morgan fingerprint density at radius 3 is 2.36 bits per heavy atom. The summed E-state index contributed by atoms with van der Waals surface area (Å²) < 4.78 is 23.0. The van der Waals surface area contributed by atoms with Crippen molar-refractivity contribution in [3.05, 3.63) is 22.2 Å². The fourth-order valence-corrected chi connectivity index (χ4v) is 2.66. The van der Waals surface area contributed by atoms with Gasteiger partial charge in [0.15, 0.2) is 9.84 Å². The molecule has 0 radical (unpaired) electrons. The van der Waals surface area contributed by atoms with Crippen LogP contribution in [-0.4, -0.2) is 14.2 Å². The van der Waals surface area contributed by atoms with Crippen LogP contribution in [0.25, 0.3) is 0 Å². The van der Waals surface area contributed by atoms with E-state index in [0.717, 1.165) is 0 Å². The Labute approximate surface area is 92.7 Å². The fraction of sp³-hybridized carbons (Fsp3) is 0.250. The van der Waals surface area contributed by atoms with E-state index in [1.54, 1.807) is 0 Å². The number of benzene rings is 1. The second kappa shape index (κ2) is 3.96. The van der Waals surface area contributed by atoms with Crippen LogP contribution in [0.2, 0.25) is 10.0 Å². The molecule has 1 aromatic rings. The Morgan fingerprint density at radius 2 is 1.86 bits per heavy atom. The summed E-state index contributed by atoms with van der Waals surface area (Å²) in [6.07, 6.45) is 0. The Morgan fingerprint density at radius 1 is 1.29 bits per heavy atom. The minimum Gasteiger partial charge on any atom is -0.397 e. The van der Waals surface area contributed by atoms with E-state index in [-0.39, 0.29) is 26.4 Å². The largest absolute Gasteiger partial charge is 0.397 e. The van der Waals surface area contributed by atoms with E-state index in [2.05, 4.69) is 0 Å². The highest BCUT2D eigenvalue weighted by atomic mass is 35.5. The Bertz CT molecular complexity index is 457. The lowest BCUT2D eigenvalue weighted by Crippen LogP contribution is -2.05. The number of rotatable bonds is 2. The third-order valence-electron chi connectivity index (χ3n) is 1.77. The topological polar surface area (TPSA) is 60.2 Å². The van der Waals surface area contributed by atoms with Crippen molar-refractivity contribution in [2.45, 2.75) is 11.8 Å². The molecule has 14 heavy (non-hydrogen) atoms. The summed E-state index contributed by atoms with van der Waals surface area (Å²) in [4.78, 5) is 0.0286. The molecule has 0 amide bonds. The molecule has 0 unspecified atom stereocenters. The van der Waals surface area contributed by atoms with E-state index in [0.29, 0.717) is 0 Å². The van der Waals surface area contributed by atoms with Crippen molar-refractivity contribution in [3.63, 3.8) is 0 Å². The summed E-state index contributed by atoms with van der Waals surface area (Å²) in [6.45, 7) is 1.54. The average Bonchev–Trinajstić information content (AvgIpc) is 2.11.